The van der Waals surface area contributed by atoms with Gasteiger partial charge < -0.3 is 5.32 Å². The van der Waals surface area contributed by atoms with Crippen molar-refractivity contribution in [2.24, 2.45) is 0 Å². The Labute approximate surface area is 196 Å². The monoisotopic (exact) mass is 467 g/mol. The van der Waals surface area contributed by atoms with Crippen LogP contribution in [-0.2, 0) is 13.1 Å². The standard InChI is InChI=1S/C24H23Cl2N5O/c1-15-11-22(29-30(15)13-18-7-9-21(25)10-8-18)27-24(32)20-6-4-5-19(12-20)14-31-17(3)23(26)16(2)28-31/h4-12H,13-14H2,1-3H3,(H,27,29,32). The van der Waals surface area contributed by atoms with Crippen LogP contribution >= 0.6 is 23.2 Å². The van der Waals surface area contributed by atoms with Gasteiger partial charge in [0.25, 0.3) is 5.91 Å². The molecular formula is C24H23Cl2N5O. The van der Waals surface area contributed by atoms with Gasteiger partial charge in [-0.3, -0.25) is 14.2 Å². The Morgan fingerprint density at radius 1 is 0.906 bits per heavy atom. The molecule has 0 unspecified atom stereocenters. The molecular weight excluding hydrogens is 445 g/mol. The molecule has 0 aliphatic heterocycles. The van der Waals surface area contributed by atoms with Crippen molar-refractivity contribution in [3.05, 3.63) is 98.4 Å². The van der Waals surface area contributed by atoms with Gasteiger partial charge in [-0.15, -0.1) is 0 Å². The number of aromatic nitrogens is 4. The van der Waals surface area contributed by atoms with E-state index in [0.717, 1.165) is 28.2 Å². The SMILES string of the molecule is Cc1nn(Cc2cccc(C(=O)Nc3cc(C)n(Cc4ccc(Cl)cc4)n3)c2)c(C)c1Cl. The predicted octanol–water partition coefficient (Wildman–Crippen LogP) is 5.66. The molecule has 0 fully saturated rings. The van der Waals surface area contributed by atoms with Crippen LogP contribution in [0.5, 0.6) is 0 Å². The lowest BCUT2D eigenvalue weighted by atomic mass is 10.1. The summed E-state index contributed by atoms with van der Waals surface area (Å²) in [5.41, 5.74) is 5.24. The highest BCUT2D eigenvalue weighted by Gasteiger charge is 2.13. The van der Waals surface area contributed by atoms with E-state index in [1.165, 1.54) is 0 Å². The molecule has 0 aliphatic carbocycles. The van der Waals surface area contributed by atoms with Crippen molar-refractivity contribution in [1.29, 1.82) is 0 Å². The van der Waals surface area contributed by atoms with E-state index in [0.29, 0.717) is 34.5 Å². The topological polar surface area (TPSA) is 64.7 Å². The summed E-state index contributed by atoms with van der Waals surface area (Å²) in [5, 5.41) is 13.3. The van der Waals surface area contributed by atoms with E-state index in [-0.39, 0.29) is 5.91 Å². The van der Waals surface area contributed by atoms with Crippen molar-refractivity contribution in [1.82, 2.24) is 19.6 Å². The molecule has 0 spiro atoms. The number of nitrogens with zero attached hydrogens (tertiary/aromatic N) is 4. The predicted molar refractivity (Wildman–Crippen MR) is 128 cm³/mol. The number of benzene rings is 2. The lowest BCUT2D eigenvalue weighted by Gasteiger charge is -2.08. The third kappa shape index (κ3) is 4.87. The van der Waals surface area contributed by atoms with E-state index in [4.69, 9.17) is 23.2 Å². The zero-order valence-electron chi connectivity index (χ0n) is 18.1. The van der Waals surface area contributed by atoms with Gasteiger partial charge in [0, 0.05) is 22.3 Å². The molecule has 164 valence electrons. The summed E-state index contributed by atoms with van der Waals surface area (Å²) in [5.74, 6) is 0.298. The number of hydrogen-bond acceptors (Lipinski definition) is 3. The van der Waals surface area contributed by atoms with Gasteiger partial charge in [0.05, 0.1) is 29.5 Å². The van der Waals surface area contributed by atoms with E-state index in [1.807, 2.05) is 78.7 Å². The molecule has 0 radical (unpaired) electrons. The number of carbonyl (C=O) groups is 1. The van der Waals surface area contributed by atoms with Gasteiger partial charge in [0.2, 0.25) is 0 Å². The fourth-order valence-electron chi connectivity index (χ4n) is 3.50. The van der Waals surface area contributed by atoms with Crippen molar-refractivity contribution in [2.75, 3.05) is 5.32 Å². The first kappa shape index (κ1) is 22.1. The summed E-state index contributed by atoms with van der Waals surface area (Å²) >= 11 is 12.2. The second-order valence-electron chi connectivity index (χ2n) is 7.75. The zero-order valence-corrected chi connectivity index (χ0v) is 19.6. The molecule has 0 saturated heterocycles. The van der Waals surface area contributed by atoms with Crippen molar-refractivity contribution in [2.45, 2.75) is 33.9 Å². The maximum Gasteiger partial charge on any atom is 0.256 e. The van der Waals surface area contributed by atoms with Crippen molar-refractivity contribution in [3.8, 4) is 0 Å². The molecule has 1 N–H and O–H groups in total. The highest BCUT2D eigenvalue weighted by atomic mass is 35.5. The first-order chi connectivity index (χ1) is 15.3. The summed E-state index contributed by atoms with van der Waals surface area (Å²) < 4.78 is 3.69. The Balaban J connectivity index is 1.46. The normalized spacial score (nSPS) is 11.0. The highest BCUT2D eigenvalue weighted by molar-refractivity contribution is 6.31. The molecule has 0 bridgehead atoms. The zero-order chi connectivity index (χ0) is 22.8. The Morgan fingerprint density at radius 2 is 1.62 bits per heavy atom. The van der Waals surface area contributed by atoms with Crippen LogP contribution in [0.2, 0.25) is 10.0 Å². The van der Waals surface area contributed by atoms with Gasteiger partial charge in [-0.25, -0.2) is 0 Å². The summed E-state index contributed by atoms with van der Waals surface area (Å²) in [6.07, 6.45) is 0. The Morgan fingerprint density at radius 3 is 2.31 bits per heavy atom. The lowest BCUT2D eigenvalue weighted by molar-refractivity contribution is 0.102. The molecule has 2 heterocycles. The van der Waals surface area contributed by atoms with E-state index in [2.05, 4.69) is 15.5 Å². The van der Waals surface area contributed by atoms with Gasteiger partial charge in [-0.2, -0.15) is 10.2 Å². The number of aryl methyl sites for hydroxylation is 2. The van der Waals surface area contributed by atoms with Crippen molar-refractivity contribution < 1.29 is 4.79 Å². The number of hydrogen-bond donors (Lipinski definition) is 1. The molecule has 32 heavy (non-hydrogen) atoms. The van der Waals surface area contributed by atoms with Gasteiger partial charge in [-0.05, 0) is 56.2 Å². The average molecular weight is 468 g/mol. The minimum absolute atomic E-state index is 0.214. The minimum Gasteiger partial charge on any atom is -0.305 e. The molecule has 0 aliphatic rings. The van der Waals surface area contributed by atoms with Crippen molar-refractivity contribution >= 4 is 34.9 Å². The average Bonchev–Trinajstić information content (AvgIpc) is 3.23. The molecule has 2 aromatic carbocycles. The second kappa shape index (κ2) is 9.18. The fourth-order valence-corrected chi connectivity index (χ4v) is 3.76. The summed E-state index contributed by atoms with van der Waals surface area (Å²) in [6, 6.07) is 17.0. The molecule has 4 rings (SSSR count). The third-order valence-corrected chi connectivity index (χ3v) is 6.08. The molecule has 0 saturated carbocycles. The number of halogens is 2. The molecule has 4 aromatic rings. The number of rotatable bonds is 6. The molecule has 1 amide bonds. The second-order valence-corrected chi connectivity index (χ2v) is 8.57. The highest BCUT2D eigenvalue weighted by Crippen LogP contribution is 2.20. The maximum absolute atomic E-state index is 12.8. The van der Waals surface area contributed by atoms with Crippen LogP contribution in [0.3, 0.4) is 0 Å². The first-order valence-corrected chi connectivity index (χ1v) is 10.9. The summed E-state index contributed by atoms with van der Waals surface area (Å²) in [7, 11) is 0. The third-order valence-electron chi connectivity index (χ3n) is 5.28. The molecule has 0 atom stereocenters. The molecule has 2 aromatic heterocycles. The van der Waals surface area contributed by atoms with E-state index in [9.17, 15) is 4.79 Å². The fraction of sp³-hybridized carbons (Fsp3) is 0.208. The van der Waals surface area contributed by atoms with Gasteiger partial charge in [0.1, 0.15) is 0 Å². The Kier molecular flexibility index (Phi) is 6.35. The largest absolute Gasteiger partial charge is 0.305 e. The quantitative estimate of drug-likeness (QED) is 0.397. The van der Waals surface area contributed by atoms with Crippen LogP contribution in [0, 0.1) is 20.8 Å². The van der Waals surface area contributed by atoms with Crippen LogP contribution in [0.25, 0.3) is 0 Å². The summed E-state index contributed by atoms with van der Waals surface area (Å²) in [4.78, 5) is 12.8. The summed E-state index contributed by atoms with van der Waals surface area (Å²) in [6.45, 7) is 6.90. The minimum atomic E-state index is -0.214. The Bertz CT molecular complexity index is 1270. The maximum atomic E-state index is 12.8. The van der Waals surface area contributed by atoms with Crippen molar-refractivity contribution in [3.63, 3.8) is 0 Å². The van der Waals surface area contributed by atoms with Crippen LogP contribution < -0.4 is 5.32 Å². The number of anilines is 1. The van der Waals surface area contributed by atoms with E-state index < -0.39 is 0 Å². The van der Waals surface area contributed by atoms with Crippen LogP contribution in [0.4, 0.5) is 5.82 Å². The van der Waals surface area contributed by atoms with E-state index in [1.54, 1.807) is 6.07 Å². The van der Waals surface area contributed by atoms with Crippen LogP contribution in [0.1, 0.15) is 38.6 Å². The number of carbonyl (C=O) groups excluding carboxylic acids is 1. The number of amides is 1. The Hall–Kier alpha value is -3.09. The van der Waals surface area contributed by atoms with Crippen LogP contribution in [0.15, 0.2) is 54.6 Å². The van der Waals surface area contributed by atoms with Crippen LogP contribution in [-0.4, -0.2) is 25.5 Å². The smallest absolute Gasteiger partial charge is 0.256 e. The number of nitrogens with one attached hydrogen (secondary N) is 1. The molecule has 8 heteroatoms. The lowest BCUT2D eigenvalue weighted by Crippen LogP contribution is -2.14. The van der Waals surface area contributed by atoms with Gasteiger partial charge in [0.15, 0.2) is 5.82 Å². The van der Waals surface area contributed by atoms with Gasteiger partial charge in [-0.1, -0.05) is 47.5 Å². The van der Waals surface area contributed by atoms with E-state index >= 15 is 0 Å². The molecule has 6 nitrogen and oxygen atoms in total. The first-order valence-electron chi connectivity index (χ1n) is 10.2. The van der Waals surface area contributed by atoms with Gasteiger partial charge >= 0.3 is 0 Å².